The highest BCUT2D eigenvalue weighted by molar-refractivity contribution is 5.96. The molecule has 0 atom stereocenters. The van der Waals surface area contributed by atoms with Gasteiger partial charge >= 0.3 is 5.97 Å². The first-order valence-electron chi connectivity index (χ1n) is 5.98. The SMILES string of the molecule is Cc1cccc2c(OC(=O)c3ccoc3)cccc12. The Morgan fingerprint density at radius 2 is 1.84 bits per heavy atom. The van der Waals surface area contributed by atoms with Crippen LogP contribution in [-0.2, 0) is 0 Å². The number of rotatable bonds is 2. The van der Waals surface area contributed by atoms with E-state index >= 15 is 0 Å². The summed E-state index contributed by atoms with van der Waals surface area (Å²) in [6.45, 7) is 2.03. The first-order valence-corrected chi connectivity index (χ1v) is 5.98. The Labute approximate surface area is 110 Å². The molecule has 0 fully saturated rings. The second kappa shape index (κ2) is 4.61. The van der Waals surface area contributed by atoms with Gasteiger partial charge in [-0.1, -0.05) is 30.3 Å². The fraction of sp³-hybridized carbons (Fsp3) is 0.0625. The average molecular weight is 252 g/mol. The zero-order valence-electron chi connectivity index (χ0n) is 10.4. The lowest BCUT2D eigenvalue weighted by Crippen LogP contribution is -2.07. The molecule has 0 bridgehead atoms. The van der Waals surface area contributed by atoms with Crippen molar-refractivity contribution < 1.29 is 13.9 Å². The van der Waals surface area contributed by atoms with Crippen LogP contribution >= 0.6 is 0 Å². The van der Waals surface area contributed by atoms with Crippen molar-refractivity contribution in [3.05, 3.63) is 66.1 Å². The summed E-state index contributed by atoms with van der Waals surface area (Å²) in [5, 5.41) is 2.01. The number of carbonyl (C=O) groups is 1. The molecule has 0 saturated carbocycles. The van der Waals surface area contributed by atoms with Crippen LogP contribution in [0.3, 0.4) is 0 Å². The van der Waals surface area contributed by atoms with E-state index < -0.39 is 5.97 Å². The molecule has 0 aliphatic heterocycles. The van der Waals surface area contributed by atoms with E-state index in [1.165, 1.54) is 12.5 Å². The van der Waals surface area contributed by atoms with Gasteiger partial charge in [-0.05, 0) is 30.0 Å². The van der Waals surface area contributed by atoms with Gasteiger partial charge < -0.3 is 9.15 Å². The fourth-order valence-electron chi connectivity index (χ4n) is 2.07. The van der Waals surface area contributed by atoms with Crippen LogP contribution in [0.25, 0.3) is 10.8 Å². The van der Waals surface area contributed by atoms with Gasteiger partial charge in [0.15, 0.2) is 0 Å². The summed E-state index contributed by atoms with van der Waals surface area (Å²) in [5.74, 6) is 0.148. The van der Waals surface area contributed by atoms with Gasteiger partial charge in [-0.3, -0.25) is 0 Å². The minimum atomic E-state index is -0.414. The van der Waals surface area contributed by atoms with E-state index in [0.717, 1.165) is 16.3 Å². The van der Waals surface area contributed by atoms with Crippen molar-refractivity contribution >= 4 is 16.7 Å². The summed E-state index contributed by atoms with van der Waals surface area (Å²) < 4.78 is 10.3. The number of ether oxygens (including phenoxy) is 1. The smallest absolute Gasteiger partial charge is 0.346 e. The fourth-order valence-corrected chi connectivity index (χ4v) is 2.07. The highest BCUT2D eigenvalue weighted by Crippen LogP contribution is 2.28. The maximum atomic E-state index is 11.9. The molecule has 3 rings (SSSR count). The molecule has 0 aliphatic carbocycles. The molecule has 0 radical (unpaired) electrons. The number of aryl methyl sites for hydroxylation is 1. The molecule has 2 aromatic carbocycles. The molecule has 0 amide bonds. The number of esters is 1. The van der Waals surface area contributed by atoms with Crippen molar-refractivity contribution in [2.45, 2.75) is 6.92 Å². The third-order valence-electron chi connectivity index (χ3n) is 3.06. The van der Waals surface area contributed by atoms with E-state index in [1.54, 1.807) is 12.1 Å². The molecule has 3 aromatic rings. The second-order valence-corrected chi connectivity index (χ2v) is 4.33. The third kappa shape index (κ3) is 2.10. The van der Waals surface area contributed by atoms with Gasteiger partial charge in [0.05, 0.1) is 11.8 Å². The Bertz CT molecular complexity index is 727. The lowest BCUT2D eigenvalue weighted by molar-refractivity contribution is 0.0736. The molecular formula is C16H12O3. The van der Waals surface area contributed by atoms with E-state index in [2.05, 4.69) is 0 Å². The topological polar surface area (TPSA) is 39.4 Å². The van der Waals surface area contributed by atoms with Crippen molar-refractivity contribution in [2.75, 3.05) is 0 Å². The number of carbonyl (C=O) groups excluding carboxylic acids is 1. The van der Waals surface area contributed by atoms with E-state index in [4.69, 9.17) is 9.15 Å². The Kier molecular flexibility index (Phi) is 2.80. The Balaban J connectivity index is 2.02. The third-order valence-corrected chi connectivity index (χ3v) is 3.06. The highest BCUT2D eigenvalue weighted by Gasteiger charge is 2.12. The monoisotopic (exact) mass is 252 g/mol. The largest absolute Gasteiger partial charge is 0.472 e. The number of benzene rings is 2. The lowest BCUT2D eigenvalue weighted by Gasteiger charge is -2.08. The Morgan fingerprint density at radius 1 is 1.05 bits per heavy atom. The molecule has 19 heavy (non-hydrogen) atoms. The molecule has 1 heterocycles. The van der Waals surface area contributed by atoms with Gasteiger partial charge in [0.25, 0.3) is 0 Å². The molecule has 0 spiro atoms. The van der Waals surface area contributed by atoms with Crippen LogP contribution < -0.4 is 4.74 Å². The predicted octanol–water partition coefficient (Wildman–Crippen LogP) is 3.96. The molecule has 0 unspecified atom stereocenters. The normalized spacial score (nSPS) is 10.6. The van der Waals surface area contributed by atoms with Crippen LogP contribution in [0.4, 0.5) is 0 Å². The Hall–Kier alpha value is -2.55. The lowest BCUT2D eigenvalue weighted by atomic mass is 10.1. The standard InChI is InChI=1S/C16H12O3/c1-11-4-2-6-14-13(11)5-3-7-15(14)19-16(17)12-8-9-18-10-12/h2-10H,1H3. The number of furan rings is 1. The van der Waals surface area contributed by atoms with E-state index in [9.17, 15) is 4.79 Å². The van der Waals surface area contributed by atoms with Gasteiger partial charge in [-0.25, -0.2) is 4.79 Å². The van der Waals surface area contributed by atoms with Crippen LogP contribution in [0.15, 0.2) is 59.4 Å². The summed E-state index contributed by atoms with van der Waals surface area (Å²) in [6.07, 6.45) is 2.82. The second-order valence-electron chi connectivity index (χ2n) is 4.33. The quantitative estimate of drug-likeness (QED) is 0.512. The molecule has 1 aromatic heterocycles. The molecule has 0 saturated heterocycles. The summed E-state index contributed by atoms with van der Waals surface area (Å²) >= 11 is 0. The minimum absolute atomic E-state index is 0.407. The molecule has 3 heteroatoms. The number of fused-ring (bicyclic) bond motifs is 1. The average Bonchev–Trinajstić information content (AvgIpc) is 2.94. The van der Waals surface area contributed by atoms with E-state index in [-0.39, 0.29) is 0 Å². The van der Waals surface area contributed by atoms with Crippen LogP contribution in [0, 0.1) is 6.92 Å². The molecule has 0 N–H and O–H groups in total. The first kappa shape index (κ1) is 11.5. The van der Waals surface area contributed by atoms with Gasteiger partial charge in [0, 0.05) is 5.39 Å². The number of hydrogen-bond acceptors (Lipinski definition) is 3. The van der Waals surface area contributed by atoms with Gasteiger partial charge in [-0.2, -0.15) is 0 Å². The van der Waals surface area contributed by atoms with E-state index in [1.807, 2.05) is 37.3 Å². The van der Waals surface area contributed by atoms with Crippen molar-refractivity contribution in [3.8, 4) is 5.75 Å². The molecule has 3 nitrogen and oxygen atoms in total. The maximum absolute atomic E-state index is 11.9. The molecule has 94 valence electrons. The Morgan fingerprint density at radius 3 is 2.63 bits per heavy atom. The zero-order chi connectivity index (χ0) is 13.2. The number of hydrogen-bond donors (Lipinski definition) is 0. The van der Waals surface area contributed by atoms with Gasteiger partial charge in [0.2, 0.25) is 0 Å². The van der Waals surface area contributed by atoms with Crippen molar-refractivity contribution in [3.63, 3.8) is 0 Å². The predicted molar refractivity (Wildman–Crippen MR) is 72.4 cm³/mol. The van der Waals surface area contributed by atoms with Crippen LogP contribution in [-0.4, -0.2) is 5.97 Å². The molecule has 0 aliphatic rings. The maximum Gasteiger partial charge on any atom is 0.346 e. The van der Waals surface area contributed by atoms with Crippen molar-refractivity contribution in [1.82, 2.24) is 0 Å². The highest BCUT2D eigenvalue weighted by atomic mass is 16.5. The van der Waals surface area contributed by atoms with Crippen LogP contribution in [0.5, 0.6) is 5.75 Å². The van der Waals surface area contributed by atoms with Gasteiger partial charge in [-0.15, -0.1) is 0 Å². The van der Waals surface area contributed by atoms with Crippen molar-refractivity contribution in [1.29, 1.82) is 0 Å². The summed E-state index contributed by atoms with van der Waals surface area (Å²) in [7, 11) is 0. The summed E-state index contributed by atoms with van der Waals surface area (Å²) in [4.78, 5) is 11.9. The van der Waals surface area contributed by atoms with Gasteiger partial charge in [0.1, 0.15) is 12.0 Å². The van der Waals surface area contributed by atoms with Crippen LogP contribution in [0.1, 0.15) is 15.9 Å². The van der Waals surface area contributed by atoms with Crippen molar-refractivity contribution in [2.24, 2.45) is 0 Å². The van der Waals surface area contributed by atoms with Crippen LogP contribution in [0.2, 0.25) is 0 Å². The summed E-state index contributed by atoms with van der Waals surface area (Å²) in [5.41, 5.74) is 1.56. The van der Waals surface area contributed by atoms with E-state index in [0.29, 0.717) is 11.3 Å². The molecular weight excluding hydrogens is 240 g/mol. The first-order chi connectivity index (χ1) is 9.25. The zero-order valence-corrected chi connectivity index (χ0v) is 10.4. The summed E-state index contributed by atoms with van der Waals surface area (Å²) in [6, 6.07) is 13.2. The minimum Gasteiger partial charge on any atom is -0.472 e.